The highest BCUT2D eigenvalue weighted by Gasteiger charge is 2.17. The molecule has 0 aliphatic heterocycles. The van der Waals surface area contributed by atoms with E-state index in [2.05, 4.69) is 5.32 Å². The molecule has 5 nitrogen and oxygen atoms in total. The molecule has 0 radical (unpaired) electrons. The maximum absolute atomic E-state index is 12.2. The first-order valence-electron chi connectivity index (χ1n) is 6.61. The fourth-order valence-corrected chi connectivity index (χ4v) is 1.89. The van der Waals surface area contributed by atoms with Gasteiger partial charge in [-0.3, -0.25) is 10.1 Å². The van der Waals surface area contributed by atoms with Crippen molar-refractivity contribution in [3.05, 3.63) is 46.7 Å². The average molecular weight is 284 g/mol. The van der Waals surface area contributed by atoms with Gasteiger partial charge in [0, 0.05) is 11.1 Å². The summed E-state index contributed by atoms with van der Waals surface area (Å²) in [6.07, 6.45) is 0. The van der Waals surface area contributed by atoms with E-state index < -0.39 is 0 Å². The number of hydrogen-bond acceptors (Lipinski definition) is 4. The Hall–Kier alpha value is -2.74. The van der Waals surface area contributed by atoms with Crippen molar-refractivity contribution in [2.45, 2.75) is 20.8 Å². The third-order valence-electron chi connectivity index (χ3n) is 3.15. The summed E-state index contributed by atoms with van der Waals surface area (Å²) in [4.78, 5) is 12.2. The van der Waals surface area contributed by atoms with Gasteiger partial charge in [-0.15, -0.1) is 0 Å². The van der Waals surface area contributed by atoms with E-state index in [1.54, 1.807) is 38.1 Å². The number of carbonyl (C=O) groups is 1. The number of rotatable bonds is 4. The molecule has 0 saturated carbocycles. The van der Waals surface area contributed by atoms with Crippen LogP contribution in [-0.4, -0.2) is 12.5 Å². The summed E-state index contributed by atoms with van der Waals surface area (Å²) in [5.41, 5.74) is 1.56. The molecule has 0 aliphatic rings. The normalized spacial score (nSPS) is 10.0. The Kier molecular flexibility index (Phi) is 4.29. The molecule has 2 aromatic rings. The topological polar surface area (TPSA) is 75.3 Å². The summed E-state index contributed by atoms with van der Waals surface area (Å²) in [7, 11) is 0. The predicted octanol–water partition coefficient (Wildman–Crippen LogP) is 3.42. The van der Waals surface area contributed by atoms with Crippen LogP contribution in [0.5, 0.6) is 5.75 Å². The van der Waals surface area contributed by atoms with Crippen molar-refractivity contribution in [2.24, 2.45) is 0 Å². The van der Waals surface area contributed by atoms with E-state index in [4.69, 9.17) is 14.4 Å². The van der Waals surface area contributed by atoms with Gasteiger partial charge in [-0.1, -0.05) is 0 Å². The Bertz CT molecular complexity index is 694. The van der Waals surface area contributed by atoms with Gasteiger partial charge < -0.3 is 9.15 Å². The van der Waals surface area contributed by atoms with Gasteiger partial charge in [0.05, 0.1) is 6.61 Å². The van der Waals surface area contributed by atoms with E-state index in [1.807, 2.05) is 13.0 Å². The van der Waals surface area contributed by atoms with E-state index in [9.17, 15) is 4.79 Å². The molecule has 0 spiro atoms. The van der Waals surface area contributed by atoms with Gasteiger partial charge in [-0.05, 0) is 45.0 Å². The minimum absolute atomic E-state index is 0.186. The van der Waals surface area contributed by atoms with Crippen molar-refractivity contribution in [1.82, 2.24) is 0 Å². The van der Waals surface area contributed by atoms with Crippen LogP contribution in [0.3, 0.4) is 0 Å². The molecule has 1 aromatic carbocycles. The first-order chi connectivity index (χ1) is 10.1. The monoisotopic (exact) mass is 284 g/mol. The number of nitriles is 1. The van der Waals surface area contributed by atoms with Gasteiger partial charge in [0.1, 0.15) is 23.1 Å². The summed E-state index contributed by atoms with van der Waals surface area (Å²) >= 11 is 0. The first-order valence-corrected chi connectivity index (χ1v) is 6.61. The minimum atomic E-state index is -0.330. The smallest absolute Gasteiger partial charge is 0.258 e. The van der Waals surface area contributed by atoms with E-state index >= 15 is 0 Å². The Morgan fingerprint density at radius 2 is 2.00 bits per heavy atom. The summed E-state index contributed by atoms with van der Waals surface area (Å²) in [5.74, 6) is 1.18. The number of benzene rings is 1. The Labute approximate surface area is 123 Å². The molecule has 108 valence electrons. The van der Waals surface area contributed by atoms with Gasteiger partial charge >= 0.3 is 0 Å². The fourth-order valence-electron chi connectivity index (χ4n) is 1.89. The molecule has 0 unspecified atom stereocenters. The van der Waals surface area contributed by atoms with Crippen molar-refractivity contribution in [2.75, 3.05) is 11.9 Å². The largest absolute Gasteiger partial charge is 0.494 e. The molecular weight excluding hydrogens is 268 g/mol. The van der Waals surface area contributed by atoms with Crippen molar-refractivity contribution in [1.29, 1.82) is 5.26 Å². The predicted molar refractivity (Wildman–Crippen MR) is 78.5 cm³/mol. The van der Waals surface area contributed by atoms with E-state index in [0.29, 0.717) is 29.2 Å². The van der Waals surface area contributed by atoms with Crippen LogP contribution in [0.4, 0.5) is 5.88 Å². The molecule has 1 N–H and O–H groups in total. The summed E-state index contributed by atoms with van der Waals surface area (Å²) in [6.45, 7) is 6.00. The molecule has 21 heavy (non-hydrogen) atoms. The van der Waals surface area contributed by atoms with Crippen molar-refractivity contribution < 1.29 is 13.9 Å². The average Bonchev–Trinajstić information content (AvgIpc) is 2.74. The number of aryl methyl sites for hydroxylation is 1. The zero-order valence-corrected chi connectivity index (χ0v) is 12.2. The highest BCUT2D eigenvalue weighted by molar-refractivity contribution is 6.04. The number of carbonyl (C=O) groups excluding carboxylic acids is 1. The second kappa shape index (κ2) is 6.14. The third-order valence-corrected chi connectivity index (χ3v) is 3.15. The molecule has 0 aliphatic carbocycles. The van der Waals surface area contributed by atoms with Crippen LogP contribution in [0, 0.1) is 25.2 Å². The quantitative estimate of drug-likeness (QED) is 0.933. The molecule has 1 amide bonds. The Morgan fingerprint density at radius 3 is 2.57 bits per heavy atom. The van der Waals surface area contributed by atoms with Gasteiger partial charge in [-0.2, -0.15) is 5.26 Å². The summed E-state index contributed by atoms with van der Waals surface area (Å²) in [6, 6.07) is 8.81. The van der Waals surface area contributed by atoms with Crippen LogP contribution in [0.15, 0.2) is 28.7 Å². The van der Waals surface area contributed by atoms with Crippen LogP contribution in [0.25, 0.3) is 0 Å². The lowest BCUT2D eigenvalue weighted by molar-refractivity contribution is 0.102. The van der Waals surface area contributed by atoms with Gasteiger partial charge in [0.2, 0.25) is 5.88 Å². The molecule has 1 aromatic heterocycles. The first kappa shape index (κ1) is 14.7. The van der Waals surface area contributed by atoms with Crippen molar-refractivity contribution in [3.8, 4) is 11.8 Å². The second-order valence-electron chi connectivity index (χ2n) is 4.51. The zero-order chi connectivity index (χ0) is 15.4. The maximum atomic E-state index is 12.2. The van der Waals surface area contributed by atoms with Crippen LogP contribution in [0.1, 0.15) is 34.2 Å². The lowest BCUT2D eigenvalue weighted by Crippen LogP contribution is -2.12. The lowest BCUT2D eigenvalue weighted by Gasteiger charge is -2.05. The fraction of sp³-hybridized carbons (Fsp3) is 0.250. The summed E-state index contributed by atoms with van der Waals surface area (Å²) in [5, 5.41) is 11.7. The van der Waals surface area contributed by atoms with E-state index in [1.165, 1.54) is 0 Å². The Morgan fingerprint density at radius 1 is 1.33 bits per heavy atom. The SMILES string of the molecule is CCOc1ccc(C(=O)Nc2oc(C)c(C)c2C#N)cc1. The van der Waals surface area contributed by atoms with E-state index in [0.717, 1.165) is 5.56 Å². The van der Waals surface area contributed by atoms with Gasteiger partial charge in [0.25, 0.3) is 5.91 Å². The van der Waals surface area contributed by atoms with Gasteiger partial charge in [-0.25, -0.2) is 0 Å². The molecule has 0 saturated heterocycles. The zero-order valence-electron chi connectivity index (χ0n) is 12.2. The number of nitrogens with one attached hydrogen (secondary N) is 1. The van der Waals surface area contributed by atoms with Crippen LogP contribution >= 0.6 is 0 Å². The number of hydrogen-bond donors (Lipinski definition) is 1. The number of ether oxygens (including phenoxy) is 1. The highest BCUT2D eigenvalue weighted by Crippen LogP contribution is 2.26. The van der Waals surface area contributed by atoms with Crippen molar-refractivity contribution in [3.63, 3.8) is 0 Å². The molecule has 0 bridgehead atoms. The third kappa shape index (κ3) is 3.06. The molecular formula is C16H16N2O3. The molecule has 2 rings (SSSR count). The highest BCUT2D eigenvalue weighted by atomic mass is 16.5. The maximum Gasteiger partial charge on any atom is 0.258 e. The van der Waals surface area contributed by atoms with Crippen LogP contribution in [0.2, 0.25) is 0 Å². The van der Waals surface area contributed by atoms with Crippen molar-refractivity contribution >= 4 is 11.8 Å². The standard InChI is InChI=1S/C16H16N2O3/c1-4-20-13-7-5-12(6-8-13)15(19)18-16-14(9-17)10(2)11(3)21-16/h5-8H,4H2,1-3H3,(H,18,19). The molecule has 0 fully saturated rings. The summed E-state index contributed by atoms with van der Waals surface area (Å²) < 4.78 is 10.7. The minimum Gasteiger partial charge on any atom is -0.494 e. The van der Waals surface area contributed by atoms with Gasteiger partial charge in [0.15, 0.2) is 0 Å². The molecule has 0 atom stereocenters. The van der Waals surface area contributed by atoms with Crippen LogP contribution in [-0.2, 0) is 0 Å². The van der Waals surface area contributed by atoms with Crippen LogP contribution < -0.4 is 10.1 Å². The number of anilines is 1. The number of furan rings is 1. The number of amides is 1. The number of nitrogens with zero attached hydrogens (tertiary/aromatic N) is 1. The molecule has 5 heteroatoms. The molecule has 1 heterocycles. The lowest BCUT2D eigenvalue weighted by atomic mass is 10.1. The van der Waals surface area contributed by atoms with E-state index in [-0.39, 0.29) is 11.8 Å². The second-order valence-corrected chi connectivity index (χ2v) is 4.51. The Balaban J connectivity index is 2.18.